The number of nitrogens with one attached hydrogen (secondary N) is 2. The van der Waals surface area contributed by atoms with Crippen LogP contribution in [-0.4, -0.2) is 40.8 Å². The second-order valence-corrected chi connectivity index (χ2v) is 5.04. The van der Waals surface area contributed by atoms with Crippen molar-refractivity contribution in [1.29, 1.82) is 0 Å². The molecule has 0 bridgehead atoms. The van der Waals surface area contributed by atoms with E-state index in [9.17, 15) is 4.79 Å². The molecule has 2 aromatic rings. The van der Waals surface area contributed by atoms with Crippen molar-refractivity contribution < 1.29 is 4.79 Å². The Morgan fingerprint density at radius 2 is 2.20 bits per heavy atom. The van der Waals surface area contributed by atoms with Crippen molar-refractivity contribution in [1.82, 2.24) is 20.2 Å². The van der Waals surface area contributed by atoms with Crippen molar-refractivity contribution in [2.24, 2.45) is 4.99 Å². The molecule has 102 valence electrons. The van der Waals surface area contributed by atoms with Gasteiger partial charge < -0.3 is 9.88 Å². The van der Waals surface area contributed by atoms with Gasteiger partial charge in [-0.1, -0.05) is 11.6 Å². The van der Waals surface area contributed by atoms with Gasteiger partial charge in [0.1, 0.15) is 11.3 Å². The smallest absolute Gasteiger partial charge is 0.276 e. The molecule has 1 amide bonds. The number of carbonyl (C=O) groups is 1. The molecule has 0 aromatic carbocycles. The number of nitrogens with zero attached hydrogens (tertiary/aromatic N) is 3. The molecule has 0 saturated heterocycles. The zero-order valence-electron chi connectivity index (χ0n) is 10.9. The second-order valence-electron chi connectivity index (χ2n) is 4.61. The quantitative estimate of drug-likeness (QED) is 0.783. The molecule has 3 heterocycles. The van der Waals surface area contributed by atoms with Gasteiger partial charge in [0.05, 0.1) is 5.02 Å². The Bertz CT molecular complexity index is 759. The van der Waals surface area contributed by atoms with Gasteiger partial charge in [-0.05, 0) is 12.1 Å². The highest BCUT2D eigenvalue weighted by molar-refractivity contribution is 6.31. The largest absolute Gasteiger partial charge is 0.348 e. The zero-order valence-corrected chi connectivity index (χ0v) is 11.7. The Morgan fingerprint density at radius 1 is 1.40 bits per heavy atom. The molecule has 20 heavy (non-hydrogen) atoms. The number of aliphatic imine (C=N–C) groups is 1. The number of hydrogen-bond acceptors (Lipinski definition) is 4. The summed E-state index contributed by atoms with van der Waals surface area (Å²) in [7, 11) is 3.63. The zero-order chi connectivity index (χ0) is 14.3. The van der Waals surface area contributed by atoms with E-state index in [1.807, 2.05) is 14.1 Å². The molecule has 7 heteroatoms. The van der Waals surface area contributed by atoms with E-state index in [1.54, 1.807) is 29.4 Å². The average molecular weight is 290 g/mol. The van der Waals surface area contributed by atoms with Crippen LogP contribution in [-0.2, 0) is 4.79 Å². The van der Waals surface area contributed by atoms with Crippen LogP contribution in [0.3, 0.4) is 0 Å². The number of halogens is 1. The molecule has 0 spiro atoms. The summed E-state index contributed by atoms with van der Waals surface area (Å²) in [6, 6.07) is 1.80. The third-order valence-electron chi connectivity index (χ3n) is 2.93. The van der Waals surface area contributed by atoms with Crippen LogP contribution >= 0.6 is 11.6 Å². The summed E-state index contributed by atoms with van der Waals surface area (Å²) in [6.45, 7) is 0. The van der Waals surface area contributed by atoms with Crippen LogP contribution in [0.1, 0.15) is 5.56 Å². The van der Waals surface area contributed by atoms with Gasteiger partial charge in [0.2, 0.25) is 5.96 Å². The lowest BCUT2D eigenvalue weighted by atomic mass is 10.2. The van der Waals surface area contributed by atoms with Crippen LogP contribution in [0.15, 0.2) is 29.1 Å². The number of guanidine groups is 1. The second kappa shape index (κ2) is 4.64. The predicted molar refractivity (Wildman–Crippen MR) is 78.3 cm³/mol. The lowest BCUT2D eigenvalue weighted by Gasteiger charge is -2.09. The standard InChI is InChI=1S/C13H12ClN5O/c1-19(2)13-17-10(12(20)18-13)3-7-5-15-11-9(7)4-8(14)6-16-11/h3-6H,1-2H3,(H,15,16)(H,17,18,20). The van der Waals surface area contributed by atoms with Crippen LogP contribution in [0.2, 0.25) is 5.02 Å². The van der Waals surface area contributed by atoms with Crippen LogP contribution in [0.4, 0.5) is 0 Å². The van der Waals surface area contributed by atoms with Crippen molar-refractivity contribution in [3.05, 3.63) is 34.7 Å². The Kier molecular flexibility index (Phi) is 2.94. The van der Waals surface area contributed by atoms with Gasteiger partial charge in [-0.3, -0.25) is 10.1 Å². The first-order valence-corrected chi connectivity index (χ1v) is 6.34. The maximum Gasteiger partial charge on any atom is 0.276 e. The third kappa shape index (κ3) is 2.14. The van der Waals surface area contributed by atoms with Gasteiger partial charge in [0.15, 0.2) is 0 Å². The number of amides is 1. The summed E-state index contributed by atoms with van der Waals surface area (Å²) in [6.07, 6.45) is 5.06. The molecule has 1 aliphatic rings. The van der Waals surface area contributed by atoms with Crippen LogP contribution in [0.5, 0.6) is 0 Å². The number of H-pyrrole nitrogens is 1. The number of rotatable bonds is 1. The van der Waals surface area contributed by atoms with E-state index in [4.69, 9.17) is 11.6 Å². The molecule has 0 unspecified atom stereocenters. The van der Waals surface area contributed by atoms with E-state index in [1.165, 1.54) is 0 Å². The molecule has 2 aromatic heterocycles. The molecular weight excluding hydrogens is 278 g/mol. The summed E-state index contributed by atoms with van der Waals surface area (Å²) in [4.78, 5) is 25.0. The lowest BCUT2D eigenvalue weighted by molar-refractivity contribution is -0.115. The van der Waals surface area contributed by atoms with Gasteiger partial charge in [-0.15, -0.1) is 0 Å². The van der Waals surface area contributed by atoms with Crippen molar-refractivity contribution >= 4 is 40.6 Å². The highest BCUT2D eigenvalue weighted by atomic mass is 35.5. The number of fused-ring (bicyclic) bond motifs is 1. The van der Waals surface area contributed by atoms with Gasteiger partial charge in [-0.25, -0.2) is 9.98 Å². The van der Waals surface area contributed by atoms with Gasteiger partial charge in [-0.2, -0.15) is 0 Å². The normalized spacial score (nSPS) is 16.6. The van der Waals surface area contributed by atoms with Crippen molar-refractivity contribution in [3.8, 4) is 0 Å². The molecule has 6 nitrogen and oxygen atoms in total. The van der Waals surface area contributed by atoms with E-state index >= 15 is 0 Å². The number of carbonyl (C=O) groups excluding carboxylic acids is 1. The number of hydrogen-bond donors (Lipinski definition) is 2. The third-order valence-corrected chi connectivity index (χ3v) is 3.14. The number of pyridine rings is 1. The minimum atomic E-state index is -0.224. The lowest BCUT2D eigenvalue weighted by Crippen LogP contribution is -2.35. The van der Waals surface area contributed by atoms with Crippen molar-refractivity contribution in [2.45, 2.75) is 0 Å². The maximum atomic E-state index is 11.8. The summed E-state index contributed by atoms with van der Waals surface area (Å²) in [5.41, 5.74) is 1.90. The summed E-state index contributed by atoms with van der Waals surface area (Å²) in [5.74, 6) is 0.301. The fourth-order valence-electron chi connectivity index (χ4n) is 1.93. The Balaban J connectivity index is 2.06. The van der Waals surface area contributed by atoms with Gasteiger partial charge in [0.25, 0.3) is 5.91 Å². The van der Waals surface area contributed by atoms with Crippen LogP contribution in [0, 0.1) is 0 Å². The van der Waals surface area contributed by atoms with E-state index in [-0.39, 0.29) is 5.91 Å². The predicted octanol–water partition coefficient (Wildman–Crippen LogP) is 1.60. The van der Waals surface area contributed by atoms with E-state index in [0.29, 0.717) is 16.7 Å². The monoisotopic (exact) mass is 289 g/mol. The molecule has 2 N–H and O–H groups in total. The average Bonchev–Trinajstić information content (AvgIpc) is 2.95. The first-order valence-electron chi connectivity index (χ1n) is 5.96. The first-order chi connectivity index (χ1) is 9.54. The molecule has 0 saturated carbocycles. The summed E-state index contributed by atoms with van der Waals surface area (Å²) < 4.78 is 0. The Labute approximate surface area is 120 Å². The topological polar surface area (TPSA) is 73.4 Å². The minimum absolute atomic E-state index is 0.224. The fourth-order valence-corrected chi connectivity index (χ4v) is 2.09. The van der Waals surface area contributed by atoms with Gasteiger partial charge >= 0.3 is 0 Å². The van der Waals surface area contributed by atoms with Crippen molar-refractivity contribution in [2.75, 3.05) is 14.1 Å². The molecular formula is C13H12ClN5O. The van der Waals surface area contributed by atoms with E-state index < -0.39 is 0 Å². The minimum Gasteiger partial charge on any atom is -0.348 e. The number of aromatic amines is 1. The fraction of sp³-hybridized carbons (Fsp3) is 0.154. The van der Waals surface area contributed by atoms with E-state index in [2.05, 4.69) is 20.3 Å². The van der Waals surface area contributed by atoms with Crippen LogP contribution in [0.25, 0.3) is 17.1 Å². The molecule has 1 aliphatic heterocycles. The molecule has 0 radical (unpaired) electrons. The highest BCUT2D eigenvalue weighted by Crippen LogP contribution is 2.23. The number of aromatic nitrogens is 2. The first kappa shape index (κ1) is 12.7. The summed E-state index contributed by atoms with van der Waals surface area (Å²) >= 11 is 5.95. The molecule has 3 rings (SSSR count). The SMILES string of the molecule is CN(C)C1=NC(=Cc2c[nH]c3ncc(Cl)cc23)C(=O)N1. The Morgan fingerprint density at radius 3 is 2.90 bits per heavy atom. The van der Waals surface area contributed by atoms with Crippen molar-refractivity contribution in [3.63, 3.8) is 0 Å². The summed E-state index contributed by atoms with van der Waals surface area (Å²) in [5, 5.41) is 4.09. The van der Waals surface area contributed by atoms with Gasteiger partial charge in [0, 0.05) is 37.4 Å². The molecule has 0 atom stereocenters. The van der Waals surface area contributed by atoms with Crippen LogP contribution < -0.4 is 5.32 Å². The molecule has 0 fully saturated rings. The maximum absolute atomic E-state index is 11.8. The Hall–Kier alpha value is -2.34. The van der Waals surface area contributed by atoms with E-state index in [0.717, 1.165) is 16.6 Å². The molecule has 0 aliphatic carbocycles. The highest BCUT2D eigenvalue weighted by Gasteiger charge is 2.21.